The summed E-state index contributed by atoms with van der Waals surface area (Å²) in [6, 6.07) is 8.13. The molecule has 0 bridgehead atoms. The van der Waals surface area contributed by atoms with Gasteiger partial charge in [0.05, 0.1) is 32.0 Å². The van der Waals surface area contributed by atoms with Gasteiger partial charge in [0.1, 0.15) is 5.75 Å². The molecule has 0 N–H and O–H groups in total. The van der Waals surface area contributed by atoms with Gasteiger partial charge in [0, 0.05) is 11.8 Å². The molecule has 0 aromatic heterocycles. The normalized spacial score (nSPS) is 18.5. The fourth-order valence-electron chi connectivity index (χ4n) is 6.35. The summed E-state index contributed by atoms with van der Waals surface area (Å²) in [7, 11) is -2.54. The molecule has 0 spiro atoms. The summed E-state index contributed by atoms with van der Waals surface area (Å²) in [6.45, 7) is 42.8. The van der Waals surface area contributed by atoms with Gasteiger partial charge in [-0.2, -0.15) is 0 Å². The maximum Gasteiger partial charge on any atom is 0.192 e. The number of allylic oxidation sites excluding steroid dienone is 4. The Balaban J connectivity index is 3.58. The van der Waals surface area contributed by atoms with Crippen LogP contribution >= 0.6 is 0 Å². The first-order valence-corrected chi connectivity index (χ1v) is 25.3. The standard InChI is InChI=1S/C45H78O5Si2/c1-20-21-22-33(3)42(48-31-39-25-27-40(47-15)28-26-39)38(8)43(50-52(18,19)45(12,13)14)36(6)30-32(2)29-35(5)41(34(4)23-24-37(7)46)49-51(16,17)44(9,10)11/h20-29,33-36,38,41-43H,1,30-31H2,2-19H3/b22-21-,24-23-,32-29-/t33-,34-,35-,36-,38+,41-,42-,43+/m0/s1. The zero-order valence-electron chi connectivity index (χ0n) is 36.6. The Labute approximate surface area is 323 Å². The van der Waals surface area contributed by atoms with Gasteiger partial charge in [0.15, 0.2) is 22.4 Å². The highest BCUT2D eigenvalue weighted by molar-refractivity contribution is 6.74. The Kier molecular flexibility index (Phi) is 19.0. The van der Waals surface area contributed by atoms with Crippen LogP contribution < -0.4 is 4.74 Å². The highest BCUT2D eigenvalue weighted by atomic mass is 28.4. The number of hydrogen-bond donors (Lipinski definition) is 0. The van der Waals surface area contributed by atoms with E-state index >= 15 is 0 Å². The molecule has 1 aromatic rings. The minimum atomic E-state index is -2.15. The fourth-order valence-corrected chi connectivity index (χ4v) is 9.29. The molecule has 1 rings (SSSR count). The van der Waals surface area contributed by atoms with E-state index in [1.54, 1.807) is 20.1 Å². The molecule has 0 aliphatic rings. The molecular weight excluding hydrogens is 677 g/mol. The van der Waals surface area contributed by atoms with Gasteiger partial charge in [0.2, 0.25) is 0 Å². The van der Waals surface area contributed by atoms with Crippen LogP contribution in [0.3, 0.4) is 0 Å². The Bertz CT molecular complexity index is 1330. The molecule has 52 heavy (non-hydrogen) atoms. The molecule has 0 amide bonds. The molecule has 0 aliphatic heterocycles. The zero-order chi connectivity index (χ0) is 40.2. The SMILES string of the molecule is C=C/C=C\[C@H](C)[C@H](OCc1ccc(OC)cc1)[C@@H](C)[C@H](O[Si](C)(C)C(C)(C)C)[C@@H](C)C/C(C)=C\[C@H](C)[C@@H](O[Si](C)(C)C(C)(C)C)[C@@H](C)/C=C\C(C)=O. The number of carbonyl (C=O) groups is 1. The van der Waals surface area contributed by atoms with Crippen molar-refractivity contribution < 1.29 is 23.1 Å². The van der Waals surface area contributed by atoms with Crippen molar-refractivity contribution in [1.29, 1.82) is 0 Å². The van der Waals surface area contributed by atoms with Crippen molar-refractivity contribution in [3.05, 3.63) is 78.4 Å². The summed E-state index contributed by atoms with van der Waals surface area (Å²) in [5.41, 5.74) is 2.44. The van der Waals surface area contributed by atoms with Crippen LogP contribution in [0.2, 0.25) is 36.3 Å². The maximum atomic E-state index is 11.9. The smallest absolute Gasteiger partial charge is 0.192 e. The number of carbonyl (C=O) groups excluding carboxylic acids is 1. The lowest BCUT2D eigenvalue weighted by atomic mass is 9.81. The number of rotatable bonds is 21. The van der Waals surface area contributed by atoms with E-state index in [9.17, 15) is 4.79 Å². The van der Waals surface area contributed by atoms with E-state index < -0.39 is 16.6 Å². The number of methoxy groups -OCH3 is 1. The van der Waals surface area contributed by atoms with Crippen LogP contribution in [0, 0.1) is 29.6 Å². The van der Waals surface area contributed by atoms with Crippen LogP contribution in [0.15, 0.2) is 72.9 Å². The number of ketones is 1. The molecule has 7 heteroatoms. The molecule has 0 heterocycles. The van der Waals surface area contributed by atoms with Gasteiger partial charge in [-0.05, 0) is 98.1 Å². The van der Waals surface area contributed by atoms with E-state index in [0.29, 0.717) is 6.61 Å². The largest absolute Gasteiger partial charge is 0.497 e. The highest BCUT2D eigenvalue weighted by Crippen LogP contribution is 2.42. The lowest BCUT2D eigenvalue weighted by molar-refractivity contribution is -0.112. The molecule has 296 valence electrons. The summed E-state index contributed by atoms with van der Waals surface area (Å²) < 4.78 is 26.7. The van der Waals surface area contributed by atoms with Crippen LogP contribution in [0.25, 0.3) is 0 Å². The first-order valence-electron chi connectivity index (χ1n) is 19.5. The molecule has 8 atom stereocenters. The first-order chi connectivity index (χ1) is 23.8. The molecule has 5 nitrogen and oxygen atoms in total. The van der Waals surface area contributed by atoms with Gasteiger partial charge in [-0.1, -0.05) is 131 Å². The molecule has 0 saturated carbocycles. The second-order valence-corrected chi connectivity index (χ2v) is 28.0. The van der Waals surface area contributed by atoms with Crippen molar-refractivity contribution >= 4 is 22.4 Å². The predicted octanol–water partition coefficient (Wildman–Crippen LogP) is 12.8. The molecule has 0 aliphatic carbocycles. The van der Waals surface area contributed by atoms with E-state index in [4.69, 9.17) is 18.3 Å². The van der Waals surface area contributed by atoms with Crippen molar-refractivity contribution in [1.82, 2.24) is 0 Å². The average molecular weight is 755 g/mol. The summed E-state index contributed by atoms with van der Waals surface area (Å²) in [5, 5.41) is 0.145. The first kappa shape index (κ1) is 48.0. The van der Waals surface area contributed by atoms with Crippen LogP contribution in [0.5, 0.6) is 5.75 Å². The van der Waals surface area contributed by atoms with Crippen molar-refractivity contribution in [2.24, 2.45) is 29.6 Å². The fraction of sp³-hybridized carbons (Fsp3) is 0.667. The summed E-state index contributed by atoms with van der Waals surface area (Å²) in [4.78, 5) is 11.9. The monoisotopic (exact) mass is 755 g/mol. The number of ether oxygens (including phenoxy) is 2. The summed E-state index contributed by atoms with van der Waals surface area (Å²) >= 11 is 0. The third-order valence-corrected chi connectivity index (χ3v) is 20.6. The lowest BCUT2D eigenvalue weighted by Crippen LogP contribution is -2.50. The molecule has 0 unspecified atom stereocenters. The summed E-state index contributed by atoms with van der Waals surface area (Å²) in [5.74, 6) is 1.67. The van der Waals surface area contributed by atoms with Crippen molar-refractivity contribution in [2.45, 2.75) is 158 Å². The van der Waals surface area contributed by atoms with Crippen LogP contribution in [0.1, 0.15) is 102 Å². The third kappa shape index (κ3) is 15.0. The third-order valence-electron chi connectivity index (χ3n) is 11.6. The van der Waals surface area contributed by atoms with Crippen LogP contribution in [-0.4, -0.2) is 47.8 Å². The van der Waals surface area contributed by atoms with Crippen molar-refractivity contribution in [3.8, 4) is 5.75 Å². The van der Waals surface area contributed by atoms with E-state index in [0.717, 1.165) is 17.7 Å². The van der Waals surface area contributed by atoms with Gasteiger partial charge < -0.3 is 18.3 Å². The van der Waals surface area contributed by atoms with E-state index in [-0.39, 0.29) is 63.8 Å². The predicted molar refractivity (Wildman–Crippen MR) is 229 cm³/mol. The second kappa shape index (κ2) is 20.6. The second-order valence-electron chi connectivity index (χ2n) is 18.5. The Hall–Kier alpha value is -2.04. The quantitative estimate of drug-likeness (QED) is 0.0541. The Morgan fingerprint density at radius 2 is 1.27 bits per heavy atom. The van der Waals surface area contributed by atoms with Gasteiger partial charge in [-0.15, -0.1) is 0 Å². The van der Waals surface area contributed by atoms with E-state index in [2.05, 4.69) is 140 Å². The molecule has 0 saturated heterocycles. The van der Waals surface area contributed by atoms with Crippen molar-refractivity contribution in [2.75, 3.05) is 7.11 Å². The van der Waals surface area contributed by atoms with E-state index in [1.165, 1.54) is 5.57 Å². The number of benzene rings is 1. The molecule has 0 fully saturated rings. The van der Waals surface area contributed by atoms with Crippen LogP contribution in [0.4, 0.5) is 0 Å². The summed E-state index contributed by atoms with van der Waals surface area (Å²) in [6.07, 6.45) is 13.0. The minimum absolute atomic E-state index is 0.0169. The van der Waals surface area contributed by atoms with Gasteiger partial charge in [-0.3, -0.25) is 4.79 Å². The van der Waals surface area contributed by atoms with Gasteiger partial charge >= 0.3 is 0 Å². The number of hydrogen-bond acceptors (Lipinski definition) is 5. The van der Waals surface area contributed by atoms with E-state index in [1.807, 2.05) is 30.4 Å². The lowest BCUT2D eigenvalue weighted by Gasteiger charge is -2.45. The van der Waals surface area contributed by atoms with Gasteiger partial charge in [-0.25, -0.2) is 0 Å². The average Bonchev–Trinajstić information content (AvgIpc) is 3.02. The minimum Gasteiger partial charge on any atom is -0.497 e. The highest BCUT2D eigenvalue weighted by Gasteiger charge is 2.44. The molecule has 1 aromatic carbocycles. The Morgan fingerprint density at radius 1 is 0.769 bits per heavy atom. The topological polar surface area (TPSA) is 54.0 Å². The maximum absolute atomic E-state index is 11.9. The van der Waals surface area contributed by atoms with Gasteiger partial charge in [0.25, 0.3) is 0 Å². The zero-order valence-corrected chi connectivity index (χ0v) is 38.6. The Morgan fingerprint density at radius 3 is 1.73 bits per heavy atom. The van der Waals surface area contributed by atoms with Crippen LogP contribution in [-0.2, 0) is 25.0 Å². The molecule has 0 radical (unpaired) electrons. The van der Waals surface area contributed by atoms with Crippen molar-refractivity contribution in [3.63, 3.8) is 0 Å². The molecular formula is C45H78O5Si2.